The van der Waals surface area contributed by atoms with Gasteiger partial charge in [-0.3, -0.25) is 14.9 Å². The molecule has 0 saturated heterocycles. The van der Waals surface area contributed by atoms with Crippen molar-refractivity contribution < 1.29 is 9.72 Å². The van der Waals surface area contributed by atoms with E-state index in [-0.39, 0.29) is 11.6 Å². The van der Waals surface area contributed by atoms with E-state index in [2.05, 4.69) is 5.10 Å². The van der Waals surface area contributed by atoms with E-state index in [0.29, 0.717) is 24.2 Å². The zero-order valence-corrected chi connectivity index (χ0v) is 11.7. The van der Waals surface area contributed by atoms with Crippen LogP contribution < -0.4 is 5.73 Å². The lowest BCUT2D eigenvalue weighted by atomic mass is 10.0. The third kappa shape index (κ3) is 3.32. The highest BCUT2D eigenvalue weighted by atomic mass is 16.6. The molecule has 0 aliphatic rings. The number of nitrogens with zero attached hydrogens (tertiary/aromatic N) is 3. The number of nitro benzene ring substituents is 1. The molecule has 0 spiro atoms. The summed E-state index contributed by atoms with van der Waals surface area (Å²) in [5.74, 6) is -0.208. The topological polar surface area (TPSA) is 104 Å². The van der Waals surface area contributed by atoms with Crippen molar-refractivity contribution in [3.8, 4) is 11.3 Å². The van der Waals surface area contributed by atoms with E-state index in [1.807, 2.05) is 0 Å². The maximum absolute atomic E-state index is 11.5. The van der Waals surface area contributed by atoms with Crippen LogP contribution in [0.5, 0.6) is 0 Å². The van der Waals surface area contributed by atoms with E-state index in [9.17, 15) is 14.9 Å². The third-order valence-corrected chi connectivity index (χ3v) is 3.09. The number of benzene rings is 1. The largest absolute Gasteiger partial charge is 0.330 e. The van der Waals surface area contributed by atoms with Crippen LogP contribution in [0.2, 0.25) is 0 Å². The molecule has 1 heterocycles. The van der Waals surface area contributed by atoms with Gasteiger partial charge in [-0.05, 0) is 24.9 Å². The van der Waals surface area contributed by atoms with Crippen LogP contribution in [0.15, 0.2) is 30.5 Å². The Morgan fingerprint density at radius 1 is 1.48 bits per heavy atom. The van der Waals surface area contributed by atoms with Gasteiger partial charge in [-0.1, -0.05) is 12.1 Å². The van der Waals surface area contributed by atoms with E-state index in [0.717, 1.165) is 12.0 Å². The smallest absolute Gasteiger partial charge is 0.270 e. The molecule has 1 aromatic carbocycles. The van der Waals surface area contributed by atoms with Gasteiger partial charge >= 0.3 is 0 Å². The molecule has 0 bridgehead atoms. The Balaban J connectivity index is 2.48. The van der Waals surface area contributed by atoms with Gasteiger partial charge in [-0.2, -0.15) is 5.10 Å². The van der Waals surface area contributed by atoms with Crippen molar-refractivity contribution in [1.29, 1.82) is 0 Å². The van der Waals surface area contributed by atoms with Gasteiger partial charge in [-0.15, -0.1) is 0 Å². The van der Waals surface area contributed by atoms with E-state index in [1.165, 1.54) is 23.7 Å². The molecule has 1 aromatic heterocycles. The van der Waals surface area contributed by atoms with Gasteiger partial charge in [0, 0.05) is 30.8 Å². The van der Waals surface area contributed by atoms with Crippen LogP contribution >= 0.6 is 0 Å². The number of rotatable bonds is 5. The van der Waals surface area contributed by atoms with Gasteiger partial charge in [0.1, 0.15) is 0 Å². The van der Waals surface area contributed by atoms with Crippen molar-refractivity contribution in [3.63, 3.8) is 0 Å². The fourth-order valence-corrected chi connectivity index (χ4v) is 2.06. The highest BCUT2D eigenvalue weighted by molar-refractivity contribution is 5.77. The Hall–Kier alpha value is -2.54. The number of non-ortho nitro benzene ring substituents is 1. The lowest BCUT2D eigenvalue weighted by molar-refractivity contribution is -0.384. The minimum atomic E-state index is -0.453. The second-order valence-corrected chi connectivity index (χ2v) is 4.67. The molecule has 2 aromatic rings. The predicted octanol–water partition coefficient (Wildman–Crippen LogP) is 2.01. The summed E-state index contributed by atoms with van der Waals surface area (Å²) in [6.07, 6.45) is 3.08. The van der Waals surface area contributed by atoms with Crippen LogP contribution in [-0.2, 0) is 6.42 Å². The number of nitro groups is 1. The predicted molar refractivity (Wildman–Crippen MR) is 78.0 cm³/mol. The zero-order chi connectivity index (χ0) is 15.4. The van der Waals surface area contributed by atoms with Gasteiger partial charge in [0.15, 0.2) is 0 Å². The fourth-order valence-electron chi connectivity index (χ4n) is 2.06. The Labute approximate surface area is 121 Å². The number of carbonyl (C=O) groups excluding carboxylic acids is 1. The molecule has 21 heavy (non-hydrogen) atoms. The number of hydrogen-bond donors (Lipinski definition) is 1. The summed E-state index contributed by atoms with van der Waals surface area (Å²) in [5, 5.41) is 15.1. The van der Waals surface area contributed by atoms with Crippen LogP contribution in [0.4, 0.5) is 5.69 Å². The standard InChI is InChI=1S/C14H16N4O3/c1-10(19)17-9-12(5-3-7-15)14(16-17)11-4-2-6-13(8-11)18(20)21/h2,4,6,8-9H,3,5,7,15H2,1H3. The van der Waals surface area contributed by atoms with Crippen LogP contribution in [-0.4, -0.2) is 27.2 Å². The van der Waals surface area contributed by atoms with E-state index < -0.39 is 4.92 Å². The first-order valence-electron chi connectivity index (χ1n) is 6.57. The minimum absolute atomic E-state index is 0.00495. The summed E-state index contributed by atoms with van der Waals surface area (Å²) in [6.45, 7) is 1.94. The molecule has 2 rings (SSSR count). The average Bonchev–Trinajstić information content (AvgIpc) is 2.89. The van der Waals surface area contributed by atoms with Crippen molar-refractivity contribution >= 4 is 11.6 Å². The summed E-state index contributed by atoms with van der Waals surface area (Å²) >= 11 is 0. The van der Waals surface area contributed by atoms with Crippen molar-refractivity contribution in [3.05, 3.63) is 46.1 Å². The monoisotopic (exact) mass is 288 g/mol. The number of carbonyl (C=O) groups is 1. The Kier molecular flexibility index (Phi) is 4.44. The molecule has 0 aliphatic heterocycles. The lowest BCUT2D eigenvalue weighted by Gasteiger charge is -2.01. The van der Waals surface area contributed by atoms with Gasteiger partial charge < -0.3 is 5.73 Å². The summed E-state index contributed by atoms with van der Waals surface area (Å²) in [5.41, 5.74) is 7.57. The molecule has 0 atom stereocenters. The number of aryl methyl sites for hydroxylation is 1. The minimum Gasteiger partial charge on any atom is -0.330 e. The Bertz CT molecular complexity index is 679. The van der Waals surface area contributed by atoms with Crippen molar-refractivity contribution in [1.82, 2.24) is 9.78 Å². The van der Waals surface area contributed by atoms with Crippen LogP contribution in [0.1, 0.15) is 23.7 Å². The SMILES string of the molecule is CC(=O)n1cc(CCCN)c(-c2cccc([N+](=O)[O-])c2)n1. The zero-order valence-electron chi connectivity index (χ0n) is 11.7. The number of nitrogens with two attached hydrogens (primary N) is 1. The normalized spacial score (nSPS) is 10.6. The third-order valence-electron chi connectivity index (χ3n) is 3.09. The second-order valence-electron chi connectivity index (χ2n) is 4.67. The highest BCUT2D eigenvalue weighted by Crippen LogP contribution is 2.26. The summed E-state index contributed by atoms with van der Waals surface area (Å²) < 4.78 is 1.25. The summed E-state index contributed by atoms with van der Waals surface area (Å²) in [4.78, 5) is 21.9. The molecule has 7 heteroatoms. The van der Waals surface area contributed by atoms with E-state index in [4.69, 9.17) is 5.73 Å². The first-order valence-corrected chi connectivity index (χ1v) is 6.57. The van der Waals surface area contributed by atoms with Crippen LogP contribution in [0.25, 0.3) is 11.3 Å². The number of hydrogen-bond acceptors (Lipinski definition) is 5. The maximum atomic E-state index is 11.5. The highest BCUT2D eigenvalue weighted by Gasteiger charge is 2.15. The Morgan fingerprint density at radius 3 is 2.86 bits per heavy atom. The van der Waals surface area contributed by atoms with Crippen molar-refractivity contribution in [2.45, 2.75) is 19.8 Å². The molecule has 0 radical (unpaired) electrons. The number of aromatic nitrogens is 2. The molecule has 0 fully saturated rings. The van der Waals surface area contributed by atoms with Crippen LogP contribution in [0, 0.1) is 10.1 Å². The molecule has 7 nitrogen and oxygen atoms in total. The van der Waals surface area contributed by atoms with Crippen LogP contribution in [0.3, 0.4) is 0 Å². The second kappa shape index (κ2) is 6.27. The van der Waals surface area contributed by atoms with Gasteiger partial charge in [-0.25, -0.2) is 4.68 Å². The van der Waals surface area contributed by atoms with Gasteiger partial charge in [0.2, 0.25) is 5.91 Å². The molecule has 2 N–H and O–H groups in total. The molecule has 110 valence electrons. The first-order chi connectivity index (χ1) is 10.0. The lowest BCUT2D eigenvalue weighted by Crippen LogP contribution is -2.05. The molecule has 0 amide bonds. The quantitative estimate of drug-likeness (QED) is 0.669. The molecular formula is C14H16N4O3. The van der Waals surface area contributed by atoms with Gasteiger partial charge in [0.25, 0.3) is 5.69 Å². The molecular weight excluding hydrogens is 272 g/mol. The van der Waals surface area contributed by atoms with Crippen molar-refractivity contribution in [2.75, 3.05) is 6.54 Å². The summed E-state index contributed by atoms with van der Waals surface area (Å²) in [7, 11) is 0. The first kappa shape index (κ1) is 14.9. The fraction of sp³-hybridized carbons (Fsp3) is 0.286. The van der Waals surface area contributed by atoms with E-state index >= 15 is 0 Å². The van der Waals surface area contributed by atoms with Crippen molar-refractivity contribution in [2.24, 2.45) is 5.73 Å². The molecule has 0 aliphatic carbocycles. The maximum Gasteiger partial charge on any atom is 0.270 e. The average molecular weight is 288 g/mol. The van der Waals surface area contributed by atoms with E-state index in [1.54, 1.807) is 18.3 Å². The molecule has 0 unspecified atom stereocenters. The Morgan fingerprint density at radius 2 is 2.24 bits per heavy atom. The van der Waals surface area contributed by atoms with Gasteiger partial charge in [0.05, 0.1) is 10.6 Å². The summed E-state index contributed by atoms with van der Waals surface area (Å²) in [6, 6.07) is 6.22. The molecule has 0 saturated carbocycles.